The smallest absolute Gasteiger partial charge is 0.191 e. The Labute approximate surface area is 168 Å². The summed E-state index contributed by atoms with van der Waals surface area (Å²) in [6.07, 6.45) is 0. The van der Waals surface area contributed by atoms with Gasteiger partial charge in [0.1, 0.15) is 0 Å². The summed E-state index contributed by atoms with van der Waals surface area (Å²) in [6.45, 7) is 4.23. The predicted octanol–water partition coefficient (Wildman–Crippen LogP) is 3.06. The zero-order valence-electron chi connectivity index (χ0n) is 17.5. The van der Waals surface area contributed by atoms with Crippen LogP contribution in [0.2, 0.25) is 0 Å². The van der Waals surface area contributed by atoms with Crippen LogP contribution in [0, 0.1) is 0 Å². The number of nitrogens with one attached hydrogen (secondary N) is 2. The van der Waals surface area contributed by atoms with E-state index in [4.69, 9.17) is 14.5 Å². The molecule has 1 unspecified atom stereocenters. The zero-order chi connectivity index (χ0) is 20.4. The quantitative estimate of drug-likeness (QED) is 0.514. The highest BCUT2D eigenvalue weighted by molar-refractivity contribution is 5.79. The molecule has 0 aromatic heterocycles. The highest BCUT2D eigenvalue weighted by atomic mass is 16.5. The van der Waals surface area contributed by atoms with Gasteiger partial charge in [0, 0.05) is 13.1 Å². The molecule has 6 nitrogen and oxygen atoms in total. The van der Waals surface area contributed by atoms with Crippen LogP contribution >= 0.6 is 0 Å². The van der Waals surface area contributed by atoms with E-state index in [-0.39, 0.29) is 6.04 Å². The van der Waals surface area contributed by atoms with Crippen molar-refractivity contribution < 1.29 is 9.47 Å². The molecule has 0 spiro atoms. The monoisotopic (exact) mass is 384 g/mol. The van der Waals surface area contributed by atoms with Gasteiger partial charge < -0.3 is 25.0 Å². The molecule has 0 amide bonds. The van der Waals surface area contributed by atoms with Crippen LogP contribution in [0.25, 0.3) is 0 Å². The van der Waals surface area contributed by atoms with Crippen molar-refractivity contribution >= 4 is 5.96 Å². The number of aliphatic imine (C=N–C) groups is 1. The molecule has 2 aromatic carbocycles. The second-order valence-electron chi connectivity index (χ2n) is 6.66. The van der Waals surface area contributed by atoms with Crippen LogP contribution in [0.15, 0.2) is 53.5 Å². The van der Waals surface area contributed by atoms with Gasteiger partial charge in [-0.05, 0) is 44.3 Å². The zero-order valence-corrected chi connectivity index (χ0v) is 17.5. The Morgan fingerprint density at radius 3 is 2.32 bits per heavy atom. The highest BCUT2D eigenvalue weighted by Crippen LogP contribution is 2.31. The molecule has 28 heavy (non-hydrogen) atoms. The van der Waals surface area contributed by atoms with E-state index in [0.717, 1.165) is 29.6 Å². The Morgan fingerprint density at radius 2 is 1.71 bits per heavy atom. The van der Waals surface area contributed by atoms with E-state index < -0.39 is 0 Å². The van der Waals surface area contributed by atoms with Crippen LogP contribution in [0.3, 0.4) is 0 Å². The van der Waals surface area contributed by atoms with Crippen LogP contribution in [0.4, 0.5) is 0 Å². The van der Waals surface area contributed by atoms with E-state index in [1.807, 2.05) is 30.3 Å². The maximum atomic E-state index is 5.46. The van der Waals surface area contributed by atoms with Gasteiger partial charge >= 0.3 is 0 Å². The molecule has 2 rings (SSSR count). The first-order valence-electron chi connectivity index (χ1n) is 9.53. The lowest BCUT2D eigenvalue weighted by Crippen LogP contribution is -2.41. The average Bonchev–Trinajstić information content (AvgIpc) is 2.72. The van der Waals surface area contributed by atoms with Crippen molar-refractivity contribution in [2.45, 2.75) is 19.5 Å². The third-order valence-corrected chi connectivity index (χ3v) is 4.49. The molecule has 2 aromatic rings. The summed E-state index contributed by atoms with van der Waals surface area (Å²) in [5, 5.41) is 6.78. The Bertz CT molecular complexity index is 747. The highest BCUT2D eigenvalue weighted by Gasteiger charge is 2.17. The molecule has 0 radical (unpaired) electrons. The third kappa shape index (κ3) is 6.16. The summed E-state index contributed by atoms with van der Waals surface area (Å²) < 4.78 is 10.8. The van der Waals surface area contributed by atoms with Crippen molar-refractivity contribution in [2.24, 2.45) is 4.99 Å². The van der Waals surface area contributed by atoms with Gasteiger partial charge in [-0.1, -0.05) is 36.4 Å². The summed E-state index contributed by atoms with van der Waals surface area (Å²) >= 11 is 0. The number of guanidine groups is 1. The Hall–Kier alpha value is -2.73. The number of hydrogen-bond acceptors (Lipinski definition) is 4. The second-order valence-corrected chi connectivity index (χ2v) is 6.66. The lowest BCUT2D eigenvalue weighted by Gasteiger charge is -2.26. The maximum absolute atomic E-state index is 5.46. The van der Waals surface area contributed by atoms with Crippen LogP contribution in [0.1, 0.15) is 24.1 Å². The van der Waals surface area contributed by atoms with E-state index >= 15 is 0 Å². The molecular formula is C22H32N4O2. The molecule has 0 heterocycles. The van der Waals surface area contributed by atoms with Gasteiger partial charge in [0.25, 0.3) is 0 Å². The first-order chi connectivity index (χ1) is 13.6. The first-order valence-corrected chi connectivity index (χ1v) is 9.53. The summed E-state index contributed by atoms with van der Waals surface area (Å²) in [4.78, 5) is 6.88. The van der Waals surface area contributed by atoms with Gasteiger partial charge in [0.05, 0.1) is 26.8 Å². The topological polar surface area (TPSA) is 58.1 Å². The number of nitrogens with zero attached hydrogens (tertiary/aromatic N) is 2. The summed E-state index contributed by atoms with van der Waals surface area (Å²) in [5.41, 5.74) is 2.33. The fourth-order valence-electron chi connectivity index (χ4n) is 2.95. The number of hydrogen-bond donors (Lipinski definition) is 2. The molecular weight excluding hydrogens is 352 g/mol. The van der Waals surface area contributed by atoms with Crippen molar-refractivity contribution in [1.29, 1.82) is 0 Å². The van der Waals surface area contributed by atoms with Crippen molar-refractivity contribution in [3.63, 3.8) is 0 Å². The minimum Gasteiger partial charge on any atom is -0.493 e. The van der Waals surface area contributed by atoms with Gasteiger partial charge in [0.2, 0.25) is 0 Å². The van der Waals surface area contributed by atoms with Crippen LogP contribution < -0.4 is 20.1 Å². The Balaban J connectivity index is 2.11. The van der Waals surface area contributed by atoms with E-state index in [1.165, 1.54) is 5.56 Å². The first kappa shape index (κ1) is 21.6. The lowest BCUT2D eigenvalue weighted by atomic mass is 10.1. The molecule has 0 fully saturated rings. The van der Waals surface area contributed by atoms with Crippen molar-refractivity contribution in [2.75, 3.05) is 41.4 Å². The number of rotatable bonds is 9. The molecule has 1 atom stereocenters. The molecule has 0 saturated heterocycles. The Morgan fingerprint density at radius 1 is 1.00 bits per heavy atom. The summed E-state index contributed by atoms with van der Waals surface area (Å²) in [5.74, 6) is 2.27. The SMILES string of the molecule is CCNC(=NCc1ccccc1)NCC(c1ccc(OC)c(OC)c1)N(C)C. The van der Waals surface area contributed by atoms with Crippen LogP contribution in [0.5, 0.6) is 11.5 Å². The van der Waals surface area contributed by atoms with Gasteiger partial charge in [-0.15, -0.1) is 0 Å². The van der Waals surface area contributed by atoms with E-state index in [2.05, 4.69) is 54.8 Å². The van der Waals surface area contributed by atoms with Gasteiger partial charge in [0.15, 0.2) is 17.5 Å². The second kappa shape index (κ2) is 11.2. The van der Waals surface area contributed by atoms with Gasteiger partial charge in [-0.2, -0.15) is 0 Å². The summed E-state index contributed by atoms with van der Waals surface area (Å²) in [6, 6.07) is 16.4. The van der Waals surface area contributed by atoms with Gasteiger partial charge in [-0.25, -0.2) is 4.99 Å². The number of ether oxygens (including phenoxy) is 2. The third-order valence-electron chi connectivity index (χ3n) is 4.49. The van der Waals surface area contributed by atoms with Crippen molar-refractivity contribution in [1.82, 2.24) is 15.5 Å². The van der Waals surface area contributed by atoms with E-state index in [1.54, 1.807) is 14.2 Å². The van der Waals surface area contributed by atoms with E-state index in [0.29, 0.717) is 13.1 Å². The molecule has 152 valence electrons. The van der Waals surface area contributed by atoms with Crippen LogP contribution in [-0.4, -0.2) is 52.3 Å². The minimum absolute atomic E-state index is 0.153. The molecule has 0 aliphatic heterocycles. The molecule has 6 heteroatoms. The minimum atomic E-state index is 0.153. The van der Waals surface area contributed by atoms with Crippen molar-refractivity contribution in [3.05, 3.63) is 59.7 Å². The standard InChI is InChI=1S/C22H32N4O2/c1-6-23-22(24-15-17-10-8-7-9-11-17)25-16-19(26(2)3)18-12-13-20(27-4)21(14-18)28-5/h7-14,19H,6,15-16H2,1-5H3,(H2,23,24,25). The molecule has 0 saturated carbocycles. The van der Waals surface area contributed by atoms with Crippen molar-refractivity contribution in [3.8, 4) is 11.5 Å². The van der Waals surface area contributed by atoms with Gasteiger partial charge in [-0.3, -0.25) is 0 Å². The molecule has 0 bridgehead atoms. The number of methoxy groups -OCH3 is 2. The fraction of sp³-hybridized carbons (Fsp3) is 0.409. The lowest BCUT2D eigenvalue weighted by molar-refractivity contribution is 0.295. The predicted molar refractivity (Wildman–Crippen MR) is 115 cm³/mol. The maximum Gasteiger partial charge on any atom is 0.191 e. The average molecular weight is 385 g/mol. The fourth-order valence-corrected chi connectivity index (χ4v) is 2.95. The molecule has 0 aliphatic carbocycles. The van der Waals surface area contributed by atoms with E-state index in [9.17, 15) is 0 Å². The number of likely N-dealkylation sites (N-methyl/N-ethyl adjacent to an activating group) is 1. The molecule has 2 N–H and O–H groups in total. The normalized spacial score (nSPS) is 12.6. The number of benzene rings is 2. The van der Waals surface area contributed by atoms with Crippen LogP contribution in [-0.2, 0) is 6.54 Å². The Kier molecular flexibility index (Phi) is 8.62. The molecule has 0 aliphatic rings. The summed E-state index contributed by atoms with van der Waals surface area (Å²) in [7, 11) is 7.44. The largest absolute Gasteiger partial charge is 0.493 e.